The van der Waals surface area contributed by atoms with Crippen LogP contribution in [0.2, 0.25) is 0 Å². The maximum atomic E-state index is 12.9. The van der Waals surface area contributed by atoms with Crippen molar-refractivity contribution >= 4 is 10.0 Å². The topological polar surface area (TPSA) is 55.4 Å². The molecule has 1 aliphatic rings. The first-order chi connectivity index (χ1) is 8.47. The van der Waals surface area contributed by atoms with Gasteiger partial charge in [0.05, 0.1) is 11.0 Å². The minimum absolute atomic E-state index is 0.168. The zero-order valence-corrected chi connectivity index (χ0v) is 10.3. The average molecular weight is 277 g/mol. The van der Waals surface area contributed by atoms with Crippen molar-refractivity contribution in [3.05, 3.63) is 29.8 Å². The van der Waals surface area contributed by atoms with Crippen molar-refractivity contribution in [2.24, 2.45) is 0 Å². The summed E-state index contributed by atoms with van der Waals surface area (Å²) >= 11 is 0. The Morgan fingerprint density at radius 2 is 1.67 bits per heavy atom. The molecule has 1 fully saturated rings. The van der Waals surface area contributed by atoms with E-state index in [1.807, 2.05) is 4.89 Å². The SMILES string of the molecule is O=S(=O)(NOC1CCCC1)c1cc(F)cc(F)c1. The molecule has 1 saturated carbocycles. The molecule has 0 radical (unpaired) electrons. The third-order valence-electron chi connectivity index (χ3n) is 2.77. The molecule has 4 nitrogen and oxygen atoms in total. The van der Waals surface area contributed by atoms with Gasteiger partial charge in [-0.3, -0.25) is 4.84 Å². The molecule has 1 aromatic rings. The molecule has 1 aromatic carbocycles. The minimum Gasteiger partial charge on any atom is -0.284 e. The zero-order chi connectivity index (χ0) is 13.2. The summed E-state index contributed by atoms with van der Waals surface area (Å²) in [4.78, 5) is 6.44. The van der Waals surface area contributed by atoms with Crippen LogP contribution < -0.4 is 4.89 Å². The number of sulfonamides is 1. The first-order valence-corrected chi connectivity index (χ1v) is 7.09. The summed E-state index contributed by atoms with van der Waals surface area (Å²) in [6, 6.07) is 2.09. The fraction of sp³-hybridized carbons (Fsp3) is 0.455. The van der Waals surface area contributed by atoms with Gasteiger partial charge in [0.15, 0.2) is 0 Å². The standard InChI is InChI=1S/C11H13F2NO3S/c12-8-5-9(13)7-11(6-8)18(15,16)14-17-10-3-1-2-4-10/h5-7,10,14H,1-4H2. The van der Waals surface area contributed by atoms with Crippen molar-refractivity contribution in [1.29, 1.82) is 0 Å². The lowest BCUT2D eigenvalue weighted by molar-refractivity contribution is 0.0223. The van der Waals surface area contributed by atoms with Gasteiger partial charge in [-0.15, -0.1) is 0 Å². The van der Waals surface area contributed by atoms with Gasteiger partial charge in [0.2, 0.25) is 0 Å². The summed E-state index contributed by atoms with van der Waals surface area (Å²) in [6.07, 6.45) is 3.36. The van der Waals surface area contributed by atoms with Crippen LogP contribution in [0.25, 0.3) is 0 Å². The van der Waals surface area contributed by atoms with Gasteiger partial charge >= 0.3 is 0 Å². The Bertz CT molecular complexity index is 507. The van der Waals surface area contributed by atoms with E-state index in [2.05, 4.69) is 0 Å². The molecule has 0 aliphatic heterocycles. The van der Waals surface area contributed by atoms with Crippen LogP contribution in [0.15, 0.2) is 23.1 Å². The van der Waals surface area contributed by atoms with Crippen LogP contribution in [0.3, 0.4) is 0 Å². The number of hydrogen-bond donors (Lipinski definition) is 1. The Balaban J connectivity index is 2.09. The molecular weight excluding hydrogens is 264 g/mol. The number of nitrogens with one attached hydrogen (secondary N) is 1. The number of rotatable bonds is 4. The van der Waals surface area contributed by atoms with E-state index in [-0.39, 0.29) is 6.10 Å². The quantitative estimate of drug-likeness (QED) is 0.858. The molecule has 0 bridgehead atoms. The highest BCUT2D eigenvalue weighted by Gasteiger charge is 2.21. The molecule has 0 atom stereocenters. The molecular formula is C11H13F2NO3S. The normalized spacial score (nSPS) is 17.2. The van der Waals surface area contributed by atoms with Gasteiger partial charge in [0.25, 0.3) is 10.0 Å². The first kappa shape index (κ1) is 13.4. The van der Waals surface area contributed by atoms with Crippen molar-refractivity contribution < 1.29 is 22.0 Å². The van der Waals surface area contributed by atoms with Crippen molar-refractivity contribution in [2.75, 3.05) is 0 Å². The monoisotopic (exact) mass is 277 g/mol. The zero-order valence-electron chi connectivity index (χ0n) is 9.53. The van der Waals surface area contributed by atoms with E-state index in [9.17, 15) is 17.2 Å². The molecule has 0 aromatic heterocycles. The molecule has 100 valence electrons. The number of benzene rings is 1. The van der Waals surface area contributed by atoms with Gasteiger partial charge < -0.3 is 0 Å². The second-order valence-electron chi connectivity index (χ2n) is 4.22. The predicted molar refractivity (Wildman–Crippen MR) is 60.0 cm³/mol. The highest BCUT2D eigenvalue weighted by molar-refractivity contribution is 7.89. The predicted octanol–water partition coefficient (Wildman–Crippen LogP) is 2.12. The second kappa shape index (κ2) is 5.29. The van der Waals surface area contributed by atoms with E-state index < -0.39 is 26.6 Å². The van der Waals surface area contributed by atoms with Crippen LogP contribution in [0, 0.1) is 11.6 Å². The number of halogens is 2. The van der Waals surface area contributed by atoms with E-state index in [4.69, 9.17) is 4.84 Å². The maximum absolute atomic E-state index is 12.9. The van der Waals surface area contributed by atoms with Crippen molar-refractivity contribution in [3.63, 3.8) is 0 Å². The second-order valence-corrected chi connectivity index (χ2v) is 5.86. The Kier molecular flexibility index (Phi) is 3.94. The average Bonchev–Trinajstić information content (AvgIpc) is 2.78. The Hall–Kier alpha value is -1.05. The van der Waals surface area contributed by atoms with E-state index in [0.29, 0.717) is 6.07 Å². The molecule has 18 heavy (non-hydrogen) atoms. The van der Waals surface area contributed by atoms with Crippen LogP contribution in [-0.4, -0.2) is 14.5 Å². The van der Waals surface area contributed by atoms with Crippen molar-refractivity contribution in [3.8, 4) is 0 Å². The maximum Gasteiger partial charge on any atom is 0.262 e. The van der Waals surface area contributed by atoms with Crippen LogP contribution in [-0.2, 0) is 14.9 Å². The van der Waals surface area contributed by atoms with E-state index in [0.717, 1.165) is 37.8 Å². The summed E-state index contributed by atoms with van der Waals surface area (Å²) in [5.74, 6) is -1.90. The molecule has 2 rings (SSSR count). The third-order valence-corrected chi connectivity index (χ3v) is 3.95. The van der Waals surface area contributed by atoms with Crippen LogP contribution in [0.5, 0.6) is 0 Å². The van der Waals surface area contributed by atoms with E-state index >= 15 is 0 Å². The third kappa shape index (κ3) is 3.24. The van der Waals surface area contributed by atoms with E-state index in [1.165, 1.54) is 0 Å². The van der Waals surface area contributed by atoms with Crippen LogP contribution in [0.1, 0.15) is 25.7 Å². The van der Waals surface area contributed by atoms with Crippen molar-refractivity contribution in [2.45, 2.75) is 36.7 Å². The summed E-state index contributed by atoms with van der Waals surface area (Å²) in [6.45, 7) is 0. The highest BCUT2D eigenvalue weighted by Crippen LogP contribution is 2.21. The molecule has 7 heteroatoms. The number of hydrogen-bond acceptors (Lipinski definition) is 3. The fourth-order valence-corrected chi connectivity index (χ4v) is 2.76. The van der Waals surface area contributed by atoms with E-state index in [1.54, 1.807) is 0 Å². The summed E-state index contributed by atoms with van der Waals surface area (Å²) in [7, 11) is -4.04. The molecule has 0 amide bonds. The molecule has 1 aliphatic carbocycles. The summed E-state index contributed by atoms with van der Waals surface area (Å²) < 4.78 is 49.3. The lowest BCUT2D eigenvalue weighted by Crippen LogP contribution is -2.28. The van der Waals surface area contributed by atoms with Gasteiger partial charge in [-0.25, -0.2) is 17.2 Å². The lowest BCUT2D eigenvalue weighted by atomic mass is 10.3. The van der Waals surface area contributed by atoms with Gasteiger partial charge in [-0.2, -0.15) is 0 Å². The molecule has 0 spiro atoms. The van der Waals surface area contributed by atoms with Crippen LogP contribution in [0.4, 0.5) is 8.78 Å². The summed E-state index contributed by atoms with van der Waals surface area (Å²) in [5.41, 5.74) is 0. The highest BCUT2D eigenvalue weighted by atomic mass is 32.2. The minimum atomic E-state index is -4.04. The Labute approximate surface area is 104 Å². The lowest BCUT2D eigenvalue weighted by Gasteiger charge is -2.12. The molecule has 0 saturated heterocycles. The Morgan fingerprint density at radius 1 is 1.11 bits per heavy atom. The van der Waals surface area contributed by atoms with Crippen LogP contribution >= 0.6 is 0 Å². The molecule has 0 unspecified atom stereocenters. The Morgan fingerprint density at radius 3 is 2.22 bits per heavy atom. The first-order valence-electron chi connectivity index (χ1n) is 5.61. The fourth-order valence-electron chi connectivity index (χ4n) is 1.87. The smallest absolute Gasteiger partial charge is 0.262 e. The van der Waals surface area contributed by atoms with Gasteiger partial charge in [-0.1, -0.05) is 17.7 Å². The molecule has 0 heterocycles. The van der Waals surface area contributed by atoms with Gasteiger partial charge in [0, 0.05) is 6.07 Å². The van der Waals surface area contributed by atoms with Gasteiger partial charge in [-0.05, 0) is 25.0 Å². The van der Waals surface area contributed by atoms with Gasteiger partial charge in [0.1, 0.15) is 11.6 Å². The largest absolute Gasteiger partial charge is 0.284 e. The molecule has 1 N–H and O–H groups in total. The van der Waals surface area contributed by atoms with Crippen molar-refractivity contribution in [1.82, 2.24) is 4.89 Å². The summed E-state index contributed by atoms with van der Waals surface area (Å²) in [5, 5.41) is 0.